The lowest BCUT2D eigenvalue weighted by Crippen LogP contribution is -2.23. The van der Waals surface area contributed by atoms with Gasteiger partial charge in [0.2, 0.25) is 0 Å². The number of nitrogens with zero attached hydrogens (tertiary/aromatic N) is 1. The predicted octanol–water partition coefficient (Wildman–Crippen LogP) is 5.20. The molecular weight excluding hydrogens is 334 g/mol. The van der Waals surface area contributed by atoms with Crippen LogP contribution in [0.25, 0.3) is 0 Å². The van der Waals surface area contributed by atoms with E-state index < -0.39 is 0 Å². The van der Waals surface area contributed by atoms with E-state index in [1.54, 1.807) is 18.2 Å². The molecule has 0 fully saturated rings. The molecule has 0 saturated carbocycles. The Kier molecular flexibility index (Phi) is 6.76. The van der Waals surface area contributed by atoms with E-state index in [0.717, 1.165) is 28.3 Å². The van der Waals surface area contributed by atoms with Crippen molar-refractivity contribution in [2.45, 2.75) is 27.4 Å². The maximum Gasteiger partial charge on any atom is 0.285 e. The van der Waals surface area contributed by atoms with Crippen molar-refractivity contribution in [2.75, 3.05) is 24.8 Å². The van der Waals surface area contributed by atoms with E-state index in [1.807, 2.05) is 44.2 Å². The van der Waals surface area contributed by atoms with Gasteiger partial charge in [0.1, 0.15) is 18.1 Å². The minimum atomic E-state index is -0.0265. The van der Waals surface area contributed by atoms with Crippen LogP contribution in [0.2, 0.25) is 0 Å². The number of amides is 1. The lowest BCUT2D eigenvalue weighted by atomic mass is 10.1. The molecule has 2 rings (SSSR count). The first-order valence-corrected chi connectivity index (χ1v) is 9.46. The highest BCUT2D eigenvalue weighted by Gasteiger charge is 2.18. The highest BCUT2D eigenvalue weighted by Crippen LogP contribution is 2.32. The molecule has 25 heavy (non-hydrogen) atoms. The van der Waals surface area contributed by atoms with Gasteiger partial charge >= 0.3 is 0 Å². The van der Waals surface area contributed by atoms with E-state index in [9.17, 15) is 4.79 Å². The van der Waals surface area contributed by atoms with Crippen LogP contribution < -0.4 is 14.4 Å². The van der Waals surface area contributed by atoms with Crippen molar-refractivity contribution in [1.82, 2.24) is 0 Å². The molecule has 0 spiro atoms. The Labute approximate surface area is 154 Å². The van der Waals surface area contributed by atoms with Gasteiger partial charge in [-0.05, 0) is 50.8 Å². The molecule has 0 aromatic heterocycles. The van der Waals surface area contributed by atoms with Crippen LogP contribution in [0.1, 0.15) is 23.6 Å². The largest absolute Gasteiger partial charge is 0.493 e. The van der Waals surface area contributed by atoms with Crippen molar-refractivity contribution in [3.8, 4) is 11.5 Å². The monoisotopic (exact) mass is 359 g/mol. The highest BCUT2D eigenvalue weighted by atomic mass is 32.2. The third-order valence-corrected chi connectivity index (χ3v) is 4.54. The van der Waals surface area contributed by atoms with Crippen LogP contribution in [-0.4, -0.2) is 25.1 Å². The molecule has 134 valence electrons. The van der Waals surface area contributed by atoms with Crippen LogP contribution in [0.3, 0.4) is 0 Å². The Balaban J connectivity index is 2.34. The van der Waals surface area contributed by atoms with Crippen LogP contribution in [-0.2, 0) is 6.61 Å². The van der Waals surface area contributed by atoms with Crippen molar-refractivity contribution in [2.24, 2.45) is 0 Å². The number of benzene rings is 2. The van der Waals surface area contributed by atoms with Crippen LogP contribution in [0.15, 0.2) is 36.4 Å². The first-order chi connectivity index (χ1) is 12.0. The SMILES string of the molecule is CCOc1cccc(N(C)C(=O)SC)c1COc1ccc(C)cc1C. The predicted molar refractivity (Wildman–Crippen MR) is 105 cm³/mol. The van der Waals surface area contributed by atoms with Crippen molar-refractivity contribution >= 4 is 22.7 Å². The van der Waals surface area contributed by atoms with E-state index in [-0.39, 0.29) is 5.24 Å². The Morgan fingerprint density at radius 2 is 1.88 bits per heavy atom. The van der Waals surface area contributed by atoms with Gasteiger partial charge in [-0.2, -0.15) is 0 Å². The molecule has 0 bridgehead atoms. The zero-order chi connectivity index (χ0) is 18.4. The average Bonchev–Trinajstić information content (AvgIpc) is 2.60. The Hall–Kier alpha value is -2.14. The molecule has 5 heteroatoms. The summed E-state index contributed by atoms with van der Waals surface area (Å²) in [5.41, 5.74) is 3.96. The number of carbonyl (C=O) groups is 1. The maximum absolute atomic E-state index is 12.1. The fraction of sp³-hybridized carbons (Fsp3) is 0.350. The fourth-order valence-electron chi connectivity index (χ4n) is 2.65. The topological polar surface area (TPSA) is 38.8 Å². The number of anilines is 1. The number of hydrogen-bond donors (Lipinski definition) is 0. The third kappa shape index (κ3) is 4.69. The van der Waals surface area contributed by atoms with Gasteiger partial charge in [0.15, 0.2) is 0 Å². The zero-order valence-electron chi connectivity index (χ0n) is 15.5. The second kappa shape index (κ2) is 8.81. The summed E-state index contributed by atoms with van der Waals surface area (Å²) in [4.78, 5) is 13.7. The molecule has 0 radical (unpaired) electrons. The van der Waals surface area contributed by atoms with Gasteiger partial charge < -0.3 is 14.4 Å². The van der Waals surface area contributed by atoms with Gasteiger partial charge in [-0.3, -0.25) is 4.79 Å². The number of hydrogen-bond acceptors (Lipinski definition) is 4. The fourth-order valence-corrected chi connectivity index (χ4v) is 3.02. The van der Waals surface area contributed by atoms with Gasteiger partial charge in [-0.25, -0.2) is 0 Å². The summed E-state index contributed by atoms with van der Waals surface area (Å²) in [5.74, 6) is 1.58. The zero-order valence-corrected chi connectivity index (χ0v) is 16.3. The first-order valence-electron chi connectivity index (χ1n) is 8.24. The van der Waals surface area contributed by atoms with E-state index >= 15 is 0 Å². The quantitative estimate of drug-likeness (QED) is 0.710. The Bertz CT molecular complexity index is 746. The molecule has 0 N–H and O–H groups in total. The van der Waals surface area contributed by atoms with Crippen LogP contribution in [0, 0.1) is 13.8 Å². The Morgan fingerprint density at radius 3 is 2.52 bits per heavy atom. The second-order valence-electron chi connectivity index (χ2n) is 5.77. The summed E-state index contributed by atoms with van der Waals surface area (Å²) in [6.45, 7) is 6.92. The molecule has 0 unspecified atom stereocenters. The molecule has 2 aromatic rings. The minimum absolute atomic E-state index is 0.0265. The van der Waals surface area contributed by atoms with Crippen molar-refractivity contribution in [3.05, 3.63) is 53.1 Å². The molecule has 2 aromatic carbocycles. The minimum Gasteiger partial charge on any atom is -0.493 e. The molecule has 0 saturated heterocycles. The normalized spacial score (nSPS) is 10.4. The van der Waals surface area contributed by atoms with Crippen LogP contribution in [0.4, 0.5) is 10.5 Å². The van der Waals surface area contributed by atoms with Crippen molar-refractivity contribution in [1.29, 1.82) is 0 Å². The summed E-state index contributed by atoms with van der Waals surface area (Å²) < 4.78 is 11.8. The summed E-state index contributed by atoms with van der Waals surface area (Å²) >= 11 is 1.18. The molecule has 0 aliphatic rings. The number of thioether (sulfide) groups is 1. The van der Waals surface area contributed by atoms with Gasteiger partial charge in [-0.15, -0.1) is 0 Å². The smallest absolute Gasteiger partial charge is 0.285 e. The van der Waals surface area contributed by atoms with Crippen LogP contribution in [0.5, 0.6) is 11.5 Å². The standard InChI is InChI=1S/C20H25NO3S/c1-6-23-19-9-7-8-17(21(4)20(22)25-5)16(19)13-24-18-11-10-14(2)12-15(18)3/h7-12H,6,13H2,1-5H3. The molecule has 1 amide bonds. The molecule has 0 aliphatic heterocycles. The molecule has 0 aliphatic carbocycles. The van der Waals surface area contributed by atoms with Crippen molar-refractivity contribution in [3.63, 3.8) is 0 Å². The number of rotatable bonds is 6. The van der Waals surface area contributed by atoms with E-state index in [2.05, 4.69) is 13.0 Å². The van der Waals surface area contributed by atoms with Crippen LogP contribution >= 0.6 is 11.8 Å². The first kappa shape index (κ1) is 19.2. The number of ether oxygens (including phenoxy) is 2. The van der Waals surface area contributed by atoms with E-state index in [1.165, 1.54) is 17.3 Å². The summed E-state index contributed by atoms with van der Waals surface area (Å²) in [5, 5.41) is -0.0265. The summed E-state index contributed by atoms with van der Waals surface area (Å²) in [7, 11) is 1.77. The summed E-state index contributed by atoms with van der Waals surface area (Å²) in [6, 6.07) is 11.8. The number of aryl methyl sites for hydroxylation is 2. The highest BCUT2D eigenvalue weighted by molar-refractivity contribution is 8.13. The van der Waals surface area contributed by atoms with Gasteiger partial charge in [0.05, 0.1) is 17.9 Å². The number of carbonyl (C=O) groups excluding carboxylic acids is 1. The Morgan fingerprint density at radius 1 is 1.12 bits per heavy atom. The third-order valence-electron chi connectivity index (χ3n) is 3.92. The molecule has 0 atom stereocenters. The van der Waals surface area contributed by atoms with Gasteiger partial charge in [0.25, 0.3) is 5.24 Å². The van der Waals surface area contributed by atoms with Gasteiger partial charge in [-0.1, -0.05) is 35.5 Å². The lowest BCUT2D eigenvalue weighted by molar-refractivity contribution is 0.265. The summed E-state index contributed by atoms with van der Waals surface area (Å²) in [6.07, 6.45) is 1.77. The van der Waals surface area contributed by atoms with Gasteiger partial charge in [0, 0.05) is 7.05 Å². The average molecular weight is 359 g/mol. The molecule has 0 heterocycles. The maximum atomic E-state index is 12.1. The van der Waals surface area contributed by atoms with E-state index in [0.29, 0.717) is 13.2 Å². The second-order valence-corrected chi connectivity index (χ2v) is 6.53. The van der Waals surface area contributed by atoms with E-state index in [4.69, 9.17) is 9.47 Å². The lowest BCUT2D eigenvalue weighted by Gasteiger charge is -2.22. The van der Waals surface area contributed by atoms with Crippen molar-refractivity contribution < 1.29 is 14.3 Å². The molecular formula is C20H25NO3S. The molecule has 4 nitrogen and oxygen atoms in total.